The van der Waals surface area contributed by atoms with Crippen LogP contribution in [0.15, 0.2) is 91.0 Å². The quantitative estimate of drug-likeness (QED) is 0.0418. The summed E-state index contributed by atoms with van der Waals surface area (Å²) in [5.74, 6) is -0.288. The van der Waals surface area contributed by atoms with Crippen molar-refractivity contribution in [3.05, 3.63) is 108 Å². The monoisotopic (exact) mass is 709 g/mol. The second kappa shape index (κ2) is 18.8. The van der Waals surface area contributed by atoms with Gasteiger partial charge < -0.3 is 9.47 Å². The standard InChI is InChI=1S/C39H55N3O5S2/c1-9-11-21-29-46-42(40-28-10-2)39(34(43)45-7,41-35(44)47-36(3,4)5)37(6,30-48-8)49-38(31-22-15-12-16-23-31,32-24-17-13-18-25-32)33-26-19-14-20-27-33/h12-20,22-27,40H,9-11,21,28-30H2,1-8H3,(H,41,44)/t37-,39-/m1/s1. The Hall–Kier alpha value is -3.02. The molecule has 0 aliphatic carbocycles. The molecule has 0 fully saturated rings. The van der Waals surface area contributed by atoms with Crippen molar-refractivity contribution >= 4 is 35.6 Å². The summed E-state index contributed by atoms with van der Waals surface area (Å²) in [5.41, 5.74) is 3.63. The van der Waals surface area contributed by atoms with Crippen molar-refractivity contribution in [2.45, 2.75) is 88.0 Å². The minimum absolute atomic E-state index is 0.320. The number of hydrazine groups is 1. The summed E-state index contributed by atoms with van der Waals surface area (Å²) >= 11 is 3.16. The summed E-state index contributed by atoms with van der Waals surface area (Å²) in [6.07, 6.45) is 4.68. The number of carbonyl (C=O) groups excluding carboxylic acids is 2. The normalized spacial score (nSPS) is 14.5. The second-order valence-electron chi connectivity index (χ2n) is 13.1. The van der Waals surface area contributed by atoms with Crippen LogP contribution in [-0.2, 0) is 23.9 Å². The van der Waals surface area contributed by atoms with Gasteiger partial charge in [0.05, 0.1) is 23.2 Å². The maximum absolute atomic E-state index is 14.8. The van der Waals surface area contributed by atoms with Crippen LogP contribution in [0.5, 0.6) is 0 Å². The number of carbonyl (C=O) groups is 2. The van der Waals surface area contributed by atoms with Crippen LogP contribution < -0.4 is 10.7 Å². The fraction of sp³-hybridized carbons (Fsp3) is 0.487. The predicted molar refractivity (Wildman–Crippen MR) is 203 cm³/mol. The van der Waals surface area contributed by atoms with Crippen molar-refractivity contribution in [1.82, 2.24) is 15.9 Å². The third-order valence-electron chi connectivity index (χ3n) is 8.05. The van der Waals surface area contributed by atoms with Crippen molar-refractivity contribution in [1.29, 1.82) is 0 Å². The van der Waals surface area contributed by atoms with Crippen molar-refractivity contribution in [3.8, 4) is 0 Å². The highest BCUT2D eigenvalue weighted by Gasteiger charge is 2.65. The van der Waals surface area contributed by atoms with Crippen LogP contribution in [-0.4, -0.2) is 65.5 Å². The maximum atomic E-state index is 14.8. The molecule has 0 unspecified atom stereocenters. The van der Waals surface area contributed by atoms with E-state index < -0.39 is 32.8 Å². The topological polar surface area (TPSA) is 89.1 Å². The highest BCUT2D eigenvalue weighted by molar-refractivity contribution is 8.04. The Labute approximate surface area is 302 Å². The number of hydrogen-bond acceptors (Lipinski definition) is 9. The number of esters is 1. The van der Waals surface area contributed by atoms with Gasteiger partial charge in [-0.2, -0.15) is 11.8 Å². The number of hydrogen-bond donors (Lipinski definition) is 2. The van der Waals surface area contributed by atoms with E-state index in [0.29, 0.717) is 18.9 Å². The van der Waals surface area contributed by atoms with Gasteiger partial charge in [-0.3, -0.25) is 10.2 Å². The average molecular weight is 710 g/mol. The Kier molecular flexibility index (Phi) is 15.5. The number of nitrogens with zero attached hydrogens (tertiary/aromatic N) is 1. The molecule has 0 saturated heterocycles. The molecule has 0 radical (unpaired) electrons. The number of rotatable bonds is 19. The lowest BCUT2D eigenvalue weighted by molar-refractivity contribution is -0.271. The van der Waals surface area contributed by atoms with Gasteiger partial charge in [0.2, 0.25) is 5.66 Å². The molecule has 3 aromatic rings. The van der Waals surface area contributed by atoms with E-state index in [9.17, 15) is 9.59 Å². The molecule has 49 heavy (non-hydrogen) atoms. The molecular formula is C39H55N3O5S2. The van der Waals surface area contributed by atoms with Gasteiger partial charge in [0.15, 0.2) is 0 Å². The highest BCUT2D eigenvalue weighted by Crippen LogP contribution is 2.57. The van der Waals surface area contributed by atoms with Crippen molar-refractivity contribution in [3.63, 3.8) is 0 Å². The first kappa shape index (κ1) is 40.4. The lowest BCUT2D eigenvalue weighted by atomic mass is 9.84. The summed E-state index contributed by atoms with van der Waals surface area (Å²) < 4.78 is 9.50. The van der Waals surface area contributed by atoms with Crippen LogP contribution in [0.2, 0.25) is 0 Å². The Morgan fingerprint density at radius 2 is 1.29 bits per heavy atom. The first-order valence-electron chi connectivity index (χ1n) is 17.1. The van der Waals surface area contributed by atoms with Gasteiger partial charge in [-0.1, -0.05) is 123 Å². The van der Waals surface area contributed by atoms with Crippen LogP contribution in [0.1, 0.15) is 83.9 Å². The number of benzene rings is 3. The summed E-state index contributed by atoms with van der Waals surface area (Å²) in [4.78, 5) is 35.3. The van der Waals surface area contributed by atoms with Crippen molar-refractivity contribution in [2.75, 3.05) is 32.3 Å². The number of alkyl carbamates (subject to hydrolysis) is 1. The Morgan fingerprint density at radius 1 is 0.776 bits per heavy atom. The molecule has 3 aromatic carbocycles. The number of methoxy groups -OCH3 is 1. The molecule has 0 spiro atoms. The molecule has 0 aliphatic rings. The number of hydroxylamine groups is 1. The van der Waals surface area contributed by atoms with E-state index in [4.69, 9.17) is 14.3 Å². The lowest BCUT2D eigenvalue weighted by Gasteiger charge is -2.53. The molecule has 0 aliphatic heterocycles. The molecule has 0 aromatic heterocycles. The fourth-order valence-corrected chi connectivity index (χ4v) is 9.00. The fourth-order valence-electron chi connectivity index (χ4n) is 5.85. The van der Waals surface area contributed by atoms with Crippen LogP contribution in [0.4, 0.5) is 4.79 Å². The van der Waals surface area contributed by atoms with Gasteiger partial charge >= 0.3 is 12.1 Å². The van der Waals surface area contributed by atoms with Gasteiger partial charge in [0, 0.05) is 12.3 Å². The second-order valence-corrected chi connectivity index (χ2v) is 15.7. The predicted octanol–water partition coefficient (Wildman–Crippen LogP) is 8.57. The van der Waals surface area contributed by atoms with Gasteiger partial charge in [-0.25, -0.2) is 15.0 Å². The first-order chi connectivity index (χ1) is 23.4. The van der Waals surface area contributed by atoms with Gasteiger partial charge in [-0.15, -0.1) is 11.8 Å². The lowest BCUT2D eigenvalue weighted by Crippen LogP contribution is -2.79. The Bertz CT molecular complexity index is 1330. The SMILES string of the molecule is CCCCCON(NCCC)[C@](NC(=O)OC(C)(C)C)(C(=O)OC)[C@@](C)(CSC)SC(c1ccccc1)(c1ccccc1)c1ccccc1. The highest BCUT2D eigenvalue weighted by atomic mass is 32.2. The van der Waals surface area contributed by atoms with Gasteiger partial charge in [0.1, 0.15) is 5.60 Å². The zero-order valence-corrected chi connectivity index (χ0v) is 32.0. The zero-order valence-electron chi connectivity index (χ0n) is 30.4. The largest absolute Gasteiger partial charge is 0.466 e. The number of amides is 1. The molecule has 2 atom stereocenters. The van der Waals surface area contributed by atoms with E-state index in [1.54, 1.807) is 44.3 Å². The van der Waals surface area contributed by atoms with Crippen LogP contribution in [0.3, 0.4) is 0 Å². The summed E-state index contributed by atoms with van der Waals surface area (Å²) in [6.45, 7) is 12.3. The van der Waals surface area contributed by atoms with Gasteiger partial charge in [-0.05, 0) is 63.5 Å². The van der Waals surface area contributed by atoms with E-state index in [1.165, 1.54) is 12.3 Å². The van der Waals surface area contributed by atoms with E-state index in [-0.39, 0.29) is 0 Å². The number of unbranched alkanes of at least 4 members (excludes halogenated alkanes) is 2. The Balaban J connectivity index is 2.47. The minimum Gasteiger partial charge on any atom is -0.466 e. The molecule has 268 valence electrons. The average Bonchev–Trinajstić information content (AvgIpc) is 3.09. The Morgan fingerprint density at radius 3 is 1.69 bits per heavy atom. The van der Waals surface area contributed by atoms with Crippen molar-refractivity contribution < 1.29 is 23.9 Å². The third-order valence-corrected chi connectivity index (χ3v) is 11.0. The molecule has 8 nitrogen and oxygen atoms in total. The summed E-state index contributed by atoms with van der Waals surface area (Å²) in [5, 5.41) is 4.50. The van der Waals surface area contributed by atoms with Crippen LogP contribution >= 0.6 is 23.5 Å². The van der Waals surface area contributed by atoms with E-state index >= 15 is 0 Å². The summed E-state index contributed by atoms with van der Waals surface area (Å²) in [6, 6.07) is 30.8. The van der Waals surface area contributed by atoms with E-state index in [0.717, 1.165) is 42.4 Å². The minimum atomic E-state index is -1.93. The molecule has 10 heteroatoms. The number of nitrogens with one attached hydrogen (secondary N) is 2. The maximum Gasteiger partial charge on any atom is 0.409 e. The van der Waals surface area contributed by atoms with Crippen molar-refractivity contribution in [2.24, 2.45) is 0 Å². The first-order valence-corrected chi connectivity index (χ1v) is 19.3. The molecule has 1 amide bonds. The van der Waals surface area contributed by atoms with E-state index in [1.807, 2.05) is 74.7 Å². The molecule has 0 heterocycles. The molecule has 0 saturated carbocycles. The summed E-state index contributed by atoms with van der Waals surface area (Å²) in [7, 11) is 1.34. The molecule has 0 bridgehead atoms. The molecule has 3 rings (SSSR count). The van der Waals surface area contributed by atoms with Crippen LogP contribution in [0.25, 0.3) is 0 Å². The number of thioether (sulfide) groups is 2. The smallest absolute Gasteiger partial charge is 0.409 e. The van der Waals surface area contributed by atoms with Crippen LogP contribution in [0, 0.1) is 0 Å². The van der Waals surface area contributed by atoms with E-state index in [2.05, 4.69) is 54.1 Å². The molecular weight excluding hydrogens is 655 g/mol. The third kappa shape index (κ3) is 9.82. The zero-order chi connectivity index (χ0) is 36.0. The molecule has 2 N–H and O–H groups in total. The van der Waals surface area contributed by atoms with Gasteiger partial charge in [0.25, 0.3) is 0 Å². The number of ether oxygens (including phenoxy) is 2.